The molecule has 0 saturated carbocycles. The molecule has 0 radical (unpaired) electrons. The monoisotopic (exact) mass is 464 g/mol. The van der Waals surface area contributed by atoms with Crippen molar-refractivity contribution in [1.82, 2.24) is 0 Å². The summed E-state index contributed by atoms with van der Waals surface area (Å²) in [7, 11) is 0. The first-order valence-electron chi connectivity index (χ1n) is 11.0. The molecule has 4 rings (SSSR count). The third-order valence-corrected chi connectivity index (χ3v) is 5.70. The molecule has 0 N–H and O–H groups in total. The maximum atomic E-state index is 14.7. The Morgan fingerprint density at radius 1 is 0.676 bits per heavy atom. The van der Waals surface area contributed by atoms with Crippen molar-refractivity contribution in [2.45, 2.75) is 32.6 Å². The number of hydrogen-bond acceptors (Lipinski definition) is 0. The Balaban J connectivity index is 1.58. The third kappa shape index (κ3) is 4.97. The summed E-state index contributed by atoms with van der Waals surface area (Å²) < 4.78 is 70.1. The number of benzene rings is 4. The van der Waals surface area contributed by atoms with Gasteiger partial charge in [0.25, 0.3) is 0 Å². The van der Waals surface area contributed by atoms with E-state index in [1.165, 1.54) is 36.4 Å². The minimum atomic E-state index is -1.53. The molecular formula is C29H21F5. The predicted molar refractivity (Wildman–Crippen MR) is 125 cm³/mol. The van der Waals surface area contributed by atoms with Gasteiger partial charge in [0.1, 0.15) is 11.6 Å². The molecule has 0 bridgehead atoms. The molecule has 0 spiro atoms. The van der Waals surface area contributed by atoms with Crippen molar-refractivity contribution in [1.29, 1.82) is 0 Å². The fraction of sp³-hybridized carbons (Fsp3) is 0.172. The van der Waals surface area contributed by atoms with E-state index in [1.54, 1.807) is 12.1 Å². The number of fused-ring (bicyclic) bond motifs is 1. The summed E-state index contributed by atoms with van der Waals surface area (Å²) in [6.45, 7) is 2.11. The molecule has 0 heterocycles. The van der Waals surface area contributed by atoms with Crippen molar-refractivity contribution in [3.05, 3.63) is 106 Å². The second-order valence-corrected chi connectivity index (χ2v) is 8.14. The Kier molecular flexibility index (Phi) is 6.98. The van der Waals surface area contributed by atoms with Gasteiger partial charge in [0.2, 0.25) is 0 Å². The zero-order chi connectivity index (χ0) is 24.2. The van der Waals surface area contributed by atoms with E-state index in [4.69, 9.17) is 0 Å². The van der Waals surface area contributed by atoms with Crippen molar-refractivity contribution in [2.75, 3.05) is 0 Å². The second kappa shape index (κ2) is 10.1. The lowest BCUT2D eigenvalue weighted by atomic mass is 9.99. The summed E-state index contributed by atoms with van der Waals surface area (Å²) in [4.78, 5) is 0. The van der Waals surface area contributed by atoms with E-state index in [2.05, 4.69) is 18.8 Å². The highest BCUT2D eigenvalue weighted by Crippen LogP contribution is 2.27. The van der Waals surface area contributed by atoms with E-state index >= 15 is 0 Å². The van der Waals surface area contributed by atoms with Gasteiger partial charge in [0.15, 0.2) is 17.5 Å². The van der Waals surface area contributed by atoms with Crippen LogP contribution in [0, 0.1) is 40.9 Å². The van der Waals surface area contributed by atoms with Gasteiger partial charge in [0.05, 0.1) is 5.56 Å². The molecule has 4 aromatic carbocycles. The highest BCUT2D eigenvalue weighted by Gasteiger charge is 2.13. The molecule has 0 nitrogen and oxygen atoms in total. The van der Waals surface area contributed by atoms with E-state index in [1.807, 2.05) is 6.07 Å². The molecule has 0 unspecified atom stereocenters. The average Bonchev–Trinajstić information content (AvgIpc) is 2.82. The third-order valence-electron chi connectivity index (χ3n) is 5.70. The van der Waals surface area contributed by atoms with Crippen LogP contribution >= 0.6 is 0 Å². The topological polar surface area (TPSA) is 0 Å². The highest BCUT2D eigenvalue weighted by molar-refractivity contribution is 5.84. The van der Waals surface area contributed by atoms with Gasteiger partial charge in [-0.2, -0.15) is 0 Å². The Morgan fingerprint density at radius 2 is 1.50 bits per heavy atom. The lowest BCUT2D eigenvalue weighted by Gasteiger charge is -2.07. The Bertz CT molecular complexity index is 1430. The minimum Gasteiger partial charge on any atom is -0.206 e. The predicted octanol–water partition coefficient (Wildman–Crippen LogP) is 8.33. The van der Waals surface area contributed by atoms with Crippen LogP contribution in [0.2, 0.25) is 0 Å². The zero-order valence-electron chi connectivity index (χ0n) is 18.5. The number of unbranched alkanes of at least 4 members (excludes halogenated alkanes) is 2. The van der Waals surface area contributed by atoms with Crippen LogP contribution in [-0.4, -0.2) is 0 Å². The van der Waals surface area contributed by atoms with Crippen molar-refractivity contribution >= 4 is 10.8 Å². The fourth-order valence-electron chi connectivity index (χ4n) is 3.83. The number of halogens is 5. The van der Waals surface area contributed by atoms with Crippen LogP contribution < -0.4 is 0 Å². The van der Waals surface area contributed by atoms with Crippen molar-refractivity contribution < 1.29 is 22.0 Å². The molecule has 0 saturated heterocycles. The average molecular weight is 464 g/mol. The van der Waals surface area contributed by atoms with Crippen molar-refractivity contribution in [2.24, 2.45) is 0 Å². The van der Waals surface area contributed by atoms with Crippen LogP contribution in [0.5, 0.6) is 0 Å². The summed E-state index contributed by atoms with van der Waals surface area (Å²) in [5, 5.41) is 0.0750. The summed E-state index contributed by atoms with van der Waals surface area (Å²) >= 11 is 0. The molecule has 0 fully saturated rings. The van der Waals surface area contributed by atoms with Gasteiger partial charge >= 0.3 is 0 Å². The standard InChI is InChI=1S/C29H21F5/c1-2-3-4-5-18-7-12-23(26(31)15-18)21-11-10-20(25(30)16-21)9-6-19-8-13-24-22(14-19)17-27(32)29(34)28(24)33/h7-8,10-17H,2-5H2,1H3. The van der Waals surface area contributed by atoms with Crippen LogP contribution in [0.3, 0.4) is 0 Å². The molecule has 0 amide bonds. The molecular weight excluding hydrogens is 443 g/mol. The van der Waals surface area contributed by atoms with Gasteiger partial charge in [-0.25, -0.2) is 22.0 Å². The number of hydrogen-bond donors (Lipinski definition) is 0. The molecule has 0 aromatic heterocycles. The Hall–Kier alpha value is -3.65. The lowest BCUT2D eigenvalue weighted by Crippen LogP contribution is -1.93. The van der Waals surface area contributed by atoms with Crippen LogP contribution in [0.15, 0.2) is 60.7 Å². The van der Waals surface area contributed by atoms with E-state index in [9.17, 15) is 22.0 Å². The first kappa shape index (κ1) is 23.5. The van der Waals surface area contributed by atoms with Crippen LogP contribution in [0.4, 0.5) is 22.0 Å². The largest absolute Gasteiger partial charge is 0.206 e. The highest BCUT2D eigenvalue weighted by atomic mass is 19.2. The lowest BCUT2D eigenvalue weighted by molar-refractivity contribution is 0.453. The fourth-order valence-corrected chi connectivity index (χ4v) is 3.83. The smallest absolute Gasteiger partial charge is 0.195 e. The van der Waals surface area contributed by atoms with Crippen LogP contribution in [0.25, 0.3) is 21.9 Å². The molecule has 0 aliphatic rings. The Labute approximate surface area is 195 Å². The van der Waals surface area contributed by atoms with Gasteiger partial charge in [-0.15, -0.1) is 0 Å². The summed E-state index contributed by atoms with van der Waals surface area (Å²) in [5.74, 6) is 0.323. The van der Waals surface area contributed by atoms with E-state index in [0.29, 0.717) is 16.7 Å². The molecule has 0 aliphatic carbocycles. The van der Waals surface area contributed by atoms with E-state index in [-0.39, 0.29) is 16.3 Å². The van der Waals surface area contributed by atoms with Crippen LogP contribution in [-0.2, 0) is 6.42 Å². The van der Waals surface area contributed by atoms with Gasteiger partial charge in [0, 0.05) is 16.5 Å². The van der Waals surface area contributed by atoms with Gasteiger partial charge in [-0.3, -0.25) is 0 Å². The maximum absolute atomic E-state index is 14.7. The van der Waals surface area contributed by atoms with Crippen molar-refractivity contribution in [3.8, 4) is 23.0 Å². The van der Waals surface area contributed by atoms with Crippen molar-refractivity contribution in [3.63, 3.8) is 0 Å². The van der Waals surface area contributed by atoms with Gasteiger partial charge in [-0.05, 0) is 65.8 Å². The number of aryl methyl sites for hydroxylation is 1. The van der Waals surface area contributed by atoms with E-state index in [0.717, 1.165) is 37.3 Å². The first-order valence-corrected chi connectivity index (χ1v) is 11.0. The summed E-state index contributed by atoms with van der Waals surface area (Å²) in [6, 6.07) is 14.3. The van der Waals surface area contributed by atoms with Gasteiger partial charge < -0.3 is 0 Å². The SMILES string of the molecule is CCCCCc1ccc(-c2ccc(C#Cc3ccc4c(F)c(F)c(F)cc4c3)c(F)c2)c(F)c1. The zero-order valence-corrected chi connectivity index (χ0v) is 18.5. The normalized spacial score (nSPS) is 10.9. The molecule has 4 aromatic rings. The number of rotatable bonds is 5. The summed E-state index contributed by atoms with van der Waals surface area (Å²) in [5.41, 5.74) is 2.10. The molecule has 0 atom stereocenters. The molecule has 172 valence electrons. The second-order valence-electron chi connectivity index (χ2n) is 8.14. The first-order chi connectivity index (χ1) is 16.4. The summed E-state index contributed by atoms with van der Waals surface area (Å²) in [6.07, 6.45) is 3.97. The van der Waals surface area contributed by atoms with Gasteiger partial charge in [-0.1, -0.05) is 55.9 Å². The maximum Gasteiger partial charge on any atom is 0.195 e. The Morgan fingerprint density at radius 3 is 2.24 bits per heavy atom. The molecule has 34 heavy (non-hydrogen) atoms. The quantitative estimate of drug-likeness (QED) is 0.121. The minimum absolute atomic E-state index is 0.0709. The molecule has 5 heteroatoms. The van der Waals surface area contributed by atoms with Crippen LogP contribution in [0.1, 0.15) is 42.9 Å². The van der Waals surface area contributed by atoms with E-state index < -0.39 is 29.1 Å². The molecule has 0 aliphatic heterocycles.